The van der Waals surface area contributed by atoms with Crippen LogP contribution in [0.4, 0.5) is 0 Å². The average molecular weight is 236 g/mol. The Morgan fingerprint density at radius 1 is 1.19 bits per heavy atom. The minimum absolute atomic E-state index is 0.281. The van der Waals surface area contributed by atoms with E-state index in [2.05, 4.69) is 62.6 Å². The molecule has 0 amide bonds. The van der Waals surface area contributed by atoms with Crippen LogP contribution in [0.3, 0.4) is 0 Å². The van der Waals surface area contributed by atoms with Gasteiger partial charge in [-0.05, 0) is 10.2 Å². The quantitative estimate of drug-likeness (QED) is 0.783. The molecule has 0 aliphatic heterocycles. The van der Waals surface area contributed by atoms with E-state index in [1.54, 1.807) is 0 Å². The highest BCUT2D eigenvalue weighted by Gasteiger charge is 2.41. The van der Waals surface area contributed by atoms with Crippen molar-refractivity contribution in [3.05, 3.63) is 30.3 Å². The second-order valence-corrected chi connectivity index (χ2v) is 10.1. The van der Waals surface area contributed by atoms with E-state index in [0.29, 0.717) is 6.54 Å². The van der Waals surface area contributed by atoms with Gasteiger partial charge in [0, 0.05) is 13.1 Å². The SMILES string of the molecule is CC(C)(C)[Si](C)(NCCN)c1ccccc1. The zero-order chi connectivity index (χ0) is 12.2. The van der Waals surface area contributed by atoms with Gasteiger partial charge in [-0.25, -0.2) is 0 Å². The van der Waals surface area contributed by atoms with Crippen LogP contribution in [0.5, 0.6) is 0 Å². The van der Waals surface area contributed by atoms with Crippen molar-refractivity contribution >= 4 is 13.4 Å². The van der Waals surface area contributed by atoms with Gasteiger partial charge in [-0.1, -0.05) is 57.7 Å². The third-order valence-electron chi connectivity index (χ3n) is 3.47. The van der Waals surface area contributed by atoms with E-state index in [1.165, 1.54) is 5.19 Å². The predicted molar refractivity (Wildman–Crippen MR) is 74.5 cm³/mol. The molecule has 0 aliphatic rings. The molecular weight excluding hydrogens is 212 g/mol. The lowest BCUT2D eigenvalue weighted by atomic mass is 10.2. The average Bonchev–Trinajstić information content (AvgIpc) is 2.25. The Balaban J connectivity index is 3.05. The minimum atomic E-state index is -1.68. The van der Waals surface area contributed by atoms with Crippen molar-refractivity contribution in [1.82, 2.24) is 4.98 Å². The van der Waals surface area contributed by atoms with Crippen LogP contribution in [-0.4, -0.2) is 21.3 Å². The molecule has 3 heteroatoms. The first-order chi connectivity index (χ1) is 7.42. The Bertz CT molecular complexity index is 318. The van der Waals surface area contributed by atoms with Crippen LogP contribution in [-0.2, 0) is 0 Å². The van der Waals surface area contributed by atoms with Crippen LogP contribution >= 0.6 is 0 Å². The Labute approximate surface area is 100 Å². The summed E-state index contributed by atoms with van der Waals surface area (Å²) in [7, 11) is -1.68. The summed E-state index contributed by atoms with van der Waals surface area (Å²) in [5, 5.41) is 1.74. The van der Waals surface area contributed by atoms with Crippen molar-refractivity contribution in [2.45, 2.75) is 32.4 Å². The Hall–Kier alpha value is -0.643. The third kappa shape index (κ3) is 2.73. The molecule has 1 aromatic rings. The molecule has 16 heavy (non-hydrogen) atoms. The molecule has 1 unspecified atom stereocenters. The molecule has 0 saturated carbocycles. The topological polar surface area (TPSA) is 38.0 Å². The first-order valence-corrected chi connectivity index (χ1v) is 8.42. The summed E-state index contributed by atoms with van der Waals surface area (Å²) >= 11 is 0. The second-order valence-electron chi connectivity index (χ2n) is 5.46. The van der Waals surface area contributed by atoms with Crippen LogP contribution in [0.25, 0.3) is 0 Å². The van der Waals surface area contributed by atoms with Crippen LogP contribution in [0.15, 0.2) is 30.3 Å². The zero-order valence-electron chi connectivity index (χ0n) is 10.9. The van der Waals surface area contributed by atoms with Crippen molar-refractivity contribution in [1.29, 1.82) is 0 Å². The lowest BCUT2D eigenvalue weighted by Crippen LogP contribution is -2.64. The van der Waals surface area contributed by atoms with E-state index >= 15 is 0 Å². The fourth-order valence-corrected chi connectivity index (χ4v) is 5.00. The normalized spacial score (nSPS) is 15.8. The second kappa shape index (κ2) is 5.12. The summed E-state index contributed by atoms with van der Waals surface area (Å²) in [5.74, 6) is 0. The maximum Gasteiger partial charge on any atom is 0.160 e. The van der Waals surface area contributed by atoms with Crippen molar-refractivity contribution in [2.24, 2.45) is 5.73 Å². The first kappa shape index (κ1) is 13.4. The summed E-state index contributed by atoms with van der Waals surface area (Å²) in [6.45, 7) is 10.9. The van der Waals surface area contributed by atoms with Crippen molar-refractivity contribution in [2.75, 3.05) is 13.1 Å². The number of nitrogens with two attached hydrogens (primary N) is 1. The maximum absolute atomic E-state index is 5.62. The summed E-state index contributed by atoms with van der Waals surface area (Å²) < 4.78 is 0. The standard InChI is InChI=1S/C13H24N2Si/c1-13(2,3)16(4,15-11-10-14)12-8-6-5-7-9-12/h5-9,15H,10-11,14H2,1-4H3. The van der Waals surface area contributed by atoms with Crippen LogP contribution < -0.4 is 15.9 Å². The first-order valence-electron chi connectivity index (χ1n) is 5.92. The molecule has 0 spiro atoms. The molecule has 2 nitrogen and oxygen atoms in total. The minimum Gasteiger partial charge on any atom is -0.332 e. The summed E-state index contributed by atoms with van der Waals surface area (Å²) in [5.41, 5.74) is 5.62. The van der Waals surface area contributed by atoms with Gasteiger partial charge >= 0.3 is 0 Å². The monoisotopic (exact) mass is 236 g/mol. The number of hydrogen-bond acceptors (Lipinski definition) is 2. The third-order valence-corrected chi connectivity index (χ3v) is 8.92. The van der Waals surface area contributed by atoms with Crippen molar-refractivity contribution in [3.63, 3.8) is 0 Å². The maximum atomic E-state index is 5.62. The highest BCUT2D eigenvalue weighted by Crippen LogP contribution is 2.33. The number of hydrogen-bond donors (Lipinski definition) is 2. The Morgan fingerprint density at radius 2 is 1.75 bits per heavy atom. The molecule has 0 saturated heterocycles. The molecule has 1 atom stereocenters. The van der Waals surface area contributed by atoms with Crippen LogP contribution in [0, 0.1) is 0 Å². The number of benzene rings is 1. The highest BCUT2D eigenvalue weighted by atomic mass is 28.3. The smallest absolute Gasteiger partial charge is 0.160 e. The van der Waals surface area contributed by atoms with Crippen molar-refractivity contribution < 1.29 is 0 Å². The summed E-state index contributed by atoms with van der Waals surface area (Å²) in [6.07, 6.45) is 0. The number of nitrogens with one attached hydrogen (secondary N) is 1. The lowest BCUT2D eigenvalue weighted by Gasteiger charge is -2.41. The fraction of sp³-hybridized carbons (Fsp3) is 0.538. The van der Waals surface area contributed by atoms with Gasteiger partial charge in [0.15, 0.2) is 8.24 Å². The van der Waals surface area contributed by atoms with E-state index in [4.69, 9.17) is 5.73 Å². The Kier molecular flexibility index (Phi) is 4.30. The van der Waals surface area contributed by atoms with E-state index in [-0.39, 0.29) is 5.04 Å². The summed E-state index contributed by atoms with van der Waals surface area (Å²) in [6, 6.07) is 10.8. The van der Waals surface area contributed by atoms with Gasteiger partial charge in [-0.2, -0.15) is 0 Å². The molecular formula is C13H24N2Si. The van der Waals surface area contributed by atoms with Crippen LogP contribution in [0.1, 0.15) is 20.8 Å². The van der Waals surface area contributed by atoms with E-state index < -0.39 is 8.24 Å². The molecule has 90 valence electrons. The molecule has 0 aromatic heterocycles. The van der Waals surface area contributed by atoms with Gasteiger partial charge in [-0.3, -0.25) is 0 Å². The van der Waals surface area contributed by atoms with Gasteiger partial charge in [0.25, 0.3) is 0 Å². The van der Waals surface area contributed by atoms with E-state index in [0.717, 1.165) is 6.54 Å². The molecule has 0 heterocycles. The molecule has 1 rings (SSSR count). The lowest BCUT2D eigenvalue weighted by molar-refractivity contribution is 0.691. The molecule has 0 aliphatic carbocycles. The fourth-order valence-electron chi connectivity index (χ4n) is 1.89. The van der Waals surface area contributed by atoms with Gasteiger partial charge < -0.3 is 10.7 Å². The molecule has 0 fully saturated rings. The molecule has 0 radical (unpaired) electrons. The van der Waals surface area contributed by atoms with Gasteiger partial charge in [0.05, 0.1) is 0 Å². The van der Waals surface area contributed by atoms with Crippen molar-refractivity contribution in [3.8, 4) is 0 Å². The zero-order valence-corrected chi connectivity index (χ0v) is 11.9. The molecule has 3 N–H and O–H groups in total. The van der Waals surface area contributed by atoms with E-state index in [1.807, 2.05) is 0 Å². The highest BCUT2D eigenvalue weighted by molar-refractivity contribution is 6.91. The summed E-state index contributed by atoms with van der Waals surface area (Å²) in [4.78, 5) is 3.72. The van der Waals surface area contributed by atoms with Crippen LogP contribution in [0.2, 0.25) is 11.6 Å². The molecule has 0 bridgehead atoms. The largest absolute Gasteiger partial charge is 0.332 e. The Morgan fingerprint density at radius 3 is 2.19 bits per heavy atom. The van der Waals surface area contributed by atoms with Gasteiger partial charge in [0.2, 0.25) is 0 Å². The van der Waals surface area contributed by atoms with E-state index in [9.17, 15) is 0 Å². The van der Waals surface area contributed by atoms with Gasteiger partial charge in [-0.15, -0.1) is 0 Å². The molecule has 1 aromatic carbocycles. The predicted octanol–water partition coefficient (Wildman–Crippen LogP) is 1.82. The number of rotatable bonds is 4. The van der Waals surface area contributed by atoms with Gasteiger partial charge in [0.1, 0.15) is 0 Å².